The fourth-order valence-electron chi connectivity index (χ4n) is 1.22. The number of thiazole rings is 1. The first-order chi connectivity index (χ1) is 6.58. The zero-order valence-corrected chi connectivity index (χ0v) is 9.65. The number of fused-ring (bicyclic) bond motifs is 1. The van der Waals surface area contributed by atoms with Crippen molar-refractivity contribution in [2.45, 2.75) is 6.92 Å². The van der Waals surface area contributed by atoms with Gasteiger partial charge in [0.25, 0.3) is 0 Å². The number of nitrogens with zero attached hydrogens (tertiary/aromatic N) is 1. The maximum absolute atomic E-state index is 10.8. The number of aromatic nitrogens is 1. The minimum Gasteiger partial charge on any atom is -0.478 e. The number of halogens is 1. The van der Waals surface area contributed by atoms with Gasteiger partial charge in [-0.1, -0.05) is 0 Å². The third-order valence-electron chi connectivity index (χ3n) is 1.80. The molecule has 0 fully saturated rings. The van der Waals surface area contributed by atoms with Crippen LogP contribution in [0.2, 0.25) is 0 Å². The number of benzene rings is 1. The van der Waals surface area contributed by atoms with Gasteiger partial charge in [0.2, 0.25) is 0 Å². The molecule has 3 nitrogen and oxygen atoms in total. The Morgan fingerprint density at radius 2 is 2.29 bits per heavy atom. The normalized spacial score (nSPS) is 10.7. The molecule has 0 radical (unpaired) electrons. The summed E-state index contributed by atoms with van der Waals surface area (Å²) in [6.45, 7) is 1.90. The van der Waals surface area contributed by atoms with Gasteiger partial charge < -0.3 is 5.11 Å². The van der Waals surface area contributed by atoms with Gasteiger partial charge in [0, 0.05) is 4.47 Å². The third kappa shape index (κ3) is 1.53. The van der Waals surface area contributed by atoms with Crippen LogP contribution >= 0.6 is 27.3 Å². The first kappa shape index (κ1) is 9.61. The Labute approximate surface area is 92.5 Å². The molecule has 5 heteroatoms. The maximum Gasteiger partial charge on any atom is 0.335 e. The van der Waals surface area contributed by atoms with Crippen LogP contribution in [0.4, 0.5) is 0 Å². The molecule has 0 saturated heterocycles. The lowest BCUT2D eigenvalue weighted by molar-refractivity contribution is 0.0697. The van der Waals surface area contributed by atoms with E-state index in [2.05, 4.69) is 20.9 Å². The fraction of sp³-hybridized carbons (Fsp3) is 0.111. The summed E-state index contributed by atoms with van der Waals surface area (Å²) >= 11 is 4.80. The summed E-state index contributed by atoms with van der Waals surface area (Å²) in [5, 5.41) is 9.77. The molecule has 2 aromatic rings. The number of carboxylic acids is 1. The van der Waals surface area contributed by atoms with E-state index in [1.165, 1.54) is 11.3 Å². The zero-order chi connectivity index (χ0) is 10.3. The molecule has 14 heavy (non-hydrogen) atoms. The topological polar surface area (TPSA) is 50.2 Å². The van der Waals surface area contributed by atoms with Gasteiger partial charge in [-0.05, 0) is 35.0 Å². The van der Waals surface area contributed by atoms with E-state index in [1.807, 2.05) is 6.92 Å². The summed E-state index contributed by atoms with van der Waals surface area (Å²) in [4.78, 5) is 15.1. The highest BCUT2D eigenvalue weighted by Gasteiger charge is 2.10. The number of hydrogen-bond acceptors (Lipinski definition) is 3. The predicted octanol–water partition coefficient (Wildman–Crippen LogP) is 3.07. The highest BCUT2D eigenvalue weighted by atomic mass is 79.9. The summed E-state index contributed by atoms with van der Waals surface area (Å²) < 4.78 is 1.63. The average molecular weight is 272 g/mol. The van der Waals surface area contributed by atoms with Crippen molar-refractivity contribution in [2.75, 3.05) is 0 Å². The Balaban J connectivity index is 2.77. The second kappa shape index (κ2) is 3.33. The number of carboxylic acid groups (broad SMARTS) is 1. The van der Waals surface area contributed by atoms with Crippen LogP contribution in [0.15, 0.2) is 16.6 Å². The molecule has 0 bridgehead atoms. The van der Waals surface area contributed by atoms with Crippen molar-refractivity contribution in [1.29, 1.82) is 0 Å². The van der Waals surface area contributed by atoms with Crippen molar-refractivity contribution in [3.63, 3.8) is 0 Å². The highest BCUT2D eigenvalue weighted by molar-refractivity contribution is 9.10. The molecule has 0 amide bonds. The summed E-state index contributed by atoms with van der Waals surface area (Å²) in [5.41, 5.74) is 1.12. The van der Waals surface area contributed by atoms with Crippen LogP contribution in [0.5, 0.6) is 0 Å². The molecule has 0 atom stereocenters. The van der Waals surface area contributed by atoms with E-state index in [1.54, 1.807) is 12.1 Å². The van der Waals surface area contributed by atoms with Gasteiger partial charge in [0.15, 0.2) is 0 Å². The molecule has 0 spiro atoms. The van der Waals surface area contributed by atoms with E-state index < -0.39 is 5.97 Å². The van der Waals surface area contributed by atoms with Crippen molar-refractivity contribution in [2.24, 2.45) is 0 Å². The molecule has 1 N–H and O–H groups in total. The van der Waals surface area contributed by atoms with Crippen molar-refractivity contribution in [3.8, 4) is 0 Å². The second-order valence-electron chi connectivity index (χ2n) is 2.84. The number of rotatable bonds is 1. The van der Waals surface area contributed by atoms with Crippen LogP contribution in [0.25, 0.3) is 10.2 Å². The zero-order valence-electron chi connectivity index (χ0n) is 7.24. The van der Waals surface area contributed by atoms with E-state index >= 15 is 0 Å². The lowest BCUT2D eigenvalue weighted by Gasteiger charge is -1.96. The minimum atomic E-state index is -0.918. The summed E-state index contributed by atoms with van der Waals surface area (Å²) in [6.07, 6.45) is 0. The Hall–Kier alpha value is -0.940. The van der Waals surface area contributed by atoms with E-state index in [0.29, 0.717) is 0 Å². The highest BCUT2D eigenvalue weighted by Crippen LogP contribution is 2.29. The molecular formula is C9H6BrNO2S. The first-order valence-corrected chi connectivity index (χ1v) is 5.49. The van der Waals surface area contributed by atoms with Crippen LogP contribution in [-0.4, -0.2) is 16.1 Å². The van der Waals surface area contributed by atoms with E-state index in [4.69, 9.17) is 5.11 Å². The smallest absolute Gasteiger partial charge is 0.335 e. The molecule has 0 aliphatic heterocycles. The molecule has 0 aliphatic carbocycles. The van der Waals surface area contributed by atoms with Crippen molar-refractivity contribution in [1.82, 2.24) is 4.98 Å². The molecule has 0 saturated carbocycles. The molecule has 0 aliphatic rings. The molecule has 1 heterocycles. The SMILES string of the molecule is Cc1nc2c(Br)cc(C(=O)O)cc2s1. The number of hydrogen-bond donors (Lipinski definition) is 1. The molecular weight excluding hydrogens is 266 g/mol. The maximum atomic E-state index is 10.8. The Morgan fingerprint density at radius 3 is 2.93 bits per heavy atom. The van der Waals surface area contributed by atoms with Gasteiger partial charge in [-0.3, -0.25) is 0 Å². The van der Waals surface area contributed by atoms with Crippen LogP contribution in [0, 0.1) is 6.92 Å². The van der Waals surface area contributed by atoms with Gasteiger partial charge in [-0.25, -0.2) is 9.78 Å². The predicted molar refractivity (Wildman–Crippen MR) is 59.0 cm³/mol. The van der Waals surface area contributed by atoms with Gasteiger partial charge >= 0.3 is 5.97 Å². The molecule has 1 aromatic heterocycles. The number of aromatic carboxylic acids is 1. The summed E-state index contributed by atoms with van der Waals surface area (Å²) in [5.74, 6) is -0.918. The Kier molecular flexibility index (Phi) is 2.28. The van der Waals surface area contributed by atoms with Gasteiger partial charge in [-0.2, -0.15) is 0 Å². The van der Waals surface area contributed by atoms with Crippen LogP contribution in [0.3, 0.4) is 0 Å². The quantitative estimate of drug-likeness (QED) is 0.867. The molecule has 0 unspecified atom stereocenters. The monoisotopic (exact) mass is 271 g/mol. The van der Waals surface area contributed by atoms with Gasteiger partial charge in [-0.15, -0.1) is 11.3 Å². The van der Waals surface area contributed by atoms with Crippen molar-refractivity contribution in [3.05, 3.63) is 27.2 Å². The Morgan fingerprint density at radius 1 is 1.57 bits per heavy atom. The summed E-state index contributed by atoms with van der Waals surface area (Å²) in [7, 11) is 0. The molecule has 72 valence electrons. The van der Waals surface area contributed by atoms with E-state index in [9.17, 15) is 4.79 Å². The first-order valence-electron chi connectivity index (χ1n) is 3.88. The van der Waals surface area contributed by atoms with E-state index in [-0.39, 0.29) is 5.56 Å². The van der Waals surface area contributed by atoms with Crippen LogP contribution in [-0.2, 0) is 0 Å². The molecule has 2 rings (SSSR count). The largest absolute Gasteiger partial charge is 0.478 e. The van der Waals surface area contributed by atoms with Gasteiger partial charge in [0.1, 0.15) is 0 Å². The third-order valence-corrected chi connectivity index (χ3v) is 3.32. The van der Waals surface area contributed by atoms with Crippen LogP contribution < -0.4 is 0 Å². The lowest BCUT2D eigenvalue weighted by atomic mass is 10.2. The van der Waals surface area contributed by atoms with E-state index in [0.717, 1.165) is 19.7 Å². The van der Waals surface area contributed by atoms with Crippen molar-refractivity contribution < 1.29 is 9.90 Å². The van der Waals surface area contributed by atoms with Crippen LogP contribution in [0.1, 0.15) is 15.4 Å². The van der Waals surface area contributed by atoms with Gasteiger partial charge in [0.05, 0.1) is 20.8 Å². The Bertz CT molecular complexity index is 521. The molecule has 1 aromatic carbocycles. The summed E-state index contributed by atoms with van der Waals surface area (Å²) in [6, 6.07) is 3.22. The number of aryl methyl sites for hydroxylation is 1. The number of carbonyl (C=O) groups is 1. The standard InChI is InChI=1S/C9H6BrNO2S/c1-4-11-8-6(10)2-5(9(12)13)3-7(8)14-4/h2-3H,1H3,(H,12,13). The lowest BCUT2D eigenvalue weighted by Crippen LogP contribution is -1.95. The average Bonchev–Trinajstić information content (AvgIpc) is 2.45. The second-order valence-corrected chi connectivity index (χ2v) is 4.93. The minimum absolute atomic E-state index is 0.285. The fourth-order valence-corrected chi connectivity index (χ4v) is 2.80. The van der Waals surface area contributed by atoms with Crippen molar-refractivity contribution >= 4 is 43.5 Å².